The van der Waals surface area contributed by atoms with Crippen LogP contribution in [0.4, 0.5) is 18.9 Å². The lowest BCUT2D eigenvalue weighted by Crippen LogP contribution is -2.21. The van der Waals surface area contributed by atoms with Crippen molar-refractivity contribution in [1.82, 2.24) is 10.2 Å². The molecule has 1 aliphatic heterocycles. The zero-order valence-electron chi connectivity index (χ0n) is 17.7. The number of alkyl halides is 3. The van der Waals surface area contributed by atoms with Crippen LogP contribution in [0, 0.1) is 18.3 Å². The second-order valence-corrected chi connectivity index (χ2v) is 7.48. The zero-order valence-corrected chi connectivity index (χ0v) is 17.7. The summed E-state index contributed by atoms with van der Waals surface area (Å²) in [6.45, 7) is 1.35. The van der Waals surface area contributed by atoms with Gasteiger partial charge >= 0.3 is 6.18 Å². The minimum absolute atomic E-state index is 0.00150. The van der Waals surface area contributed by atoms with E-state index in [1.165, 1.54) is 12.1 Å². The highest BCUT2D eigenvalue weighted by atomic mass is 19.4. The molecule has 1 amide bonds. The third-order valence-corrected chi connectivity index (χ3v) is 5.16. The van der Waals surface area contributed by atoms with Crippen LogP contribution in [0.5, 0.6) is 11.6 Å². The summed E-state index contributed by atoms with van der Waals surface area (Å²) in [6.07, 6.45) is -4.52. The number of anilines is 1. The first kappa shape index (κ1) is 22.7. The number of hydrogen-bond donors (Lipinski definition) is 3. The molecule has 0 bridgehead atoms. The van der Waals surface area contributed by atoms with Crippen LogP contribution in [-0.2, 0) is 11.0 Å². The Morgan fingerprint density at radius 1 is 1.29 bits per heavy atom. The Morgan fingerprint density at radius 2 is 2.06 bits per heavy atom. The predicted molar refractivity (Wildman–Crippen MR) is 115 cm³/mol. The molecule has 0 saturated heterocycles. The van der Waals surface area contributed by atoms with Crippen molar-refractivity contribution < 1.29 is 27.4 Å². The maximum Gasteiger partial charge on any atom is 0.416 e. The molecule has 11 heteroatoms. The monoisotopic (exact) mass is 469 g/mol. The van der Waals surface area contributed by atoms with Crippen molar-refractivity contribution >= 4 is 11.6 Å². The number of benzene rings is 2. The molecule has 1 atom stereocenters. The van der Waals surface area contributed by atoms with E-state index >= 15 is 0 Å². The maximum absolute atomic E-state index is 12.9. The lowest BCUT2D eigenvalue weighted by molar-refractivity contribution is -0.137. The number of carbonyl (C=O) groups excluding carboxylic acids is 1. The number of carbonyl (C=O) groups is 1. The van der Waals surface area contributed by atoms with Crippen molar-refractivity contribution in [3.8, 4) is 17.7 Å². The lowest BCUT2D eigenvalue weighted by atomic mass is 9.84. The molecule has 0 fully saturated rings. The zero-order chi connectivity index (χ0) is 24.5. The van der Waals surface area contributed by atoms with E-state index in [4.69, 9.17) is 15.2 Å². The molecule has 34 heavy (non-hydrogen) atoms. The van der Waals surface area contributed by atoms with Crippen LogP contribution in [0.2, 0.25) is 0 Å². The minimum atomic E-state index is -4.52. The Bertz CT molecular complexity index is 1320. The molecule has 8 nitrogen and oxygen atoms in total. The first-order valence-corrected chi connectivity index (χ1v) is 9.99. The van der Waals surface area contributed by atoms with E-state index in [2.05, 4.69) is 21.6 Å². The summed E-state index contributed by atoms with van der Waals surface area (Å²) in [7, 11) is 0. The number of ether oxygens (including phenoxy) is 2. The van der Waals surface area contributed by atoms with Gasteiger partial charge in [-0.05, 0) is 42.8 Å². The topological polar surface area (TPSA) is 126 Å². The number of halogens is 3. The number of aromatic amines is 1. The molecule has 0 saturated carbocycles. The van der Waals surface area contributed by atoms with E-state index in [1.54, 1.807) is 31.2 Å². The van der Waals surface area contributed by atoms with Crippen LogP contribution in [0.3, 0.4) is 0 Å². The maximum atomic E-state index is 12.9. The molecule has 2 aromatic carbocycles. The number of aromatic nitrogens is 2. The highest BCUT2D eigenvalue weighted by Crippen LogP contribution is 2.43. The van der Waals surface area contributed by atoms with Gasteiger partial charge in [0, 0.05) is 16.9 Å². The number of aryl methyl sites for hydroxylation is 1. The standard InChI is InChI=1S/C23H18F3N5O3/c1-12-19-20(17(10-27)21(28)34-22(19)31-30-12)13-4-2-7-16(8-13)33-11-18(32)29-15-6-3-5-14(9-15)23(24,25)26/h2-9,20H,11,28H2,1H3,(H,29,32)(H,30,31). The van der Waals surface area contributed by atoms with Gasteiger partial charge in [0.05, 0.1) is 11.5 Å². The van der Waals surface area contributed by atoms with E-state index in [0.717, 1.165) is 12.1 Å². The second kappa shape index (κ2) is 8.82. The quantitative estimate of drug-likeness (QED) is 0.519. The fourth-order valence-electron chi connectivity index (χ4n) is 3.64. The number of rotatable bonds is 5. The Kier molecular flexibility index (Phi) is 5.89. The van der Waals surface area contributed by atoms with Crippen LogP contribution < -0.4 is 20.5 Å². The van der Waals surface area contributed by atoms with Crippen LogP contribution >= 0.6 is 0 Å². The van der Waals surface area contributed by atoms with E-state index in [0.29, 0.717) is 22.6 Å². The average Bonchev–Trinajstić information content (AvgIpc) is 3.16. The fourth-order valence-corrected chi connectivity index (χ4v) is 3.64. The number of nitriles is 1. The SMILES string of the molecule is Cc1[nH]nc2c1C(c1cccc(OCC(=O)Nc3cccc(C(F)(F)F)c3)c1)C(C#N)=C(N)O2. The van der Waals surface area contributed by atoms with Crippen molar-refractivity contribution in [1.29, 1.82) is 5.26 Å². The van der Waals surface area contributed by atoms with Gasteiger partial charge in [-0.15, -0.1) is 5.10 Å². The Labute approximate surface area is 191 Å². The number of fused-ring (bicyclic) bond motifs is 1. The molecular formula is C23H18F3N5O3. The molecule has 2 heterocycles. The summed E-state index contributed by atoms with van der Waals surface area (Å²) in [5, 5.41) is 18.9. The molecule has 0 radical (unpaired) electrons. The first-order chi connectivity index (χ1) is 16.2. The molecule has 1 aliphatic rings. The number of hydrogen-bond acceptors (Lipinski definition) is 6. The van der Waals surface area contributed by atoms with Gasteiger partial charge in [0.2, 0.25) is 11.8 Å². The number of nitrogens with one attached hydrogen (secondary N) is 2. The third-order valence-electron chi connectivity index (χ3n) is 5.16. The van der Waals surface area contributed by atoms with Gasteiger partial charge in [-0.2, -0.15) is 18.4 Å². The number of amides is 1. The van der Waals surface area contributed by atoms with Gasteiger partial charge in [-0.3, -0.25) is 9.89 Å². The summed E-state index contributed by atoms with van der Waals surface area (Å²) in [5.74, 6) is -0.661. The normalized spacial score (nSPS) is 15.2. The summed E-state index contributed by atoms with van der Waals surface area (Å²) >= 11 is 0. The summed E-state index contributed by atoms with van der Waals surface area (Å²) in [5.41, 5.74) is 7.27. The average molecular weight is 469 g/mol. The molecule has 3 aromatic rings. The van der Waals surface area contributed by atoms with E-state index in [-0.39, 0.29) is 23.0 Å². The van der Waals surface area contributed by atoms with Crippen LogP contribution in [0.25, 0.3) is 0 Å². The van der Waals surface area contributed by atoms with Gasteiger partial charge < -0.3 is 20.5 Å². The van der Waals surface area contributed by atoms with Crippen LogP contribution in [-0.4, -0.2) is 22.7 Å². The van der Waals surface area contributed by atoms with Gasteiger partial charge in [0.1, 0.15) is 17.4 Å². The molecule has 0 spiro atoms. The van der Waals surface area contributed by atoms with Gasteiger partial charge in [0.15, 0.2) is 6.61 Å². The molecule has 4 rings (SSSR count). The van der Waals surface area contributed by atoms with E-state index in [1.807, 2.05) is 0 Å². The van der Waals surface area contributed by atoms with Crippen molar-refractivity contribution in [3.05, 3.63) is 82.4 Å². The summed E-state index contributed by atoms with van der Waals surface area (Å²) in [6, 6.07) is 13.1. The fraction of sp³-hybridized carbons (Fsp3) is 0.174. The predicted octanol–water partition coefficient (Wildman–Crippen LogP) is 3.97. The van der Waals surface area contributed by atoms with Gasteiger partial charge in [-0.25, -0.2) is 0 Å². The third kappa shape index (κ3) is 4.52. The van der Waals surface area contributed by atoms with Gasteiger partial charge in [-0.1, -0.05) is 18.2 Å². The number of H-pyrrole nitrogens is 1. The molecule has 1 aromatic heterocycles. The van der Waals surface area contributed by atoms with Gasteiger partial charge in [0.25, 0.3) is 5.91 Å². The summed E-state index contributed by atoms with van der Waals surface area (Å²) in [4.78, 5) is 12.2. The van der Waals surface area contributed by atoms with Crippen LogP contribution in [0.15, 0.2) is 60.0 Å². The largest absolute Gasteiger partial charge is 0.484 e. The Balaban J connectivity index is 1.50. The molecule has 4 N–H and O–H groups in total. The van der Waals surface area contributed by atoms with Crippen molar-refractivity contribution in [2.75, 3.05) is 11.9 Å². The second-order valence-electron chi connectivity index (χ2n) is 7.48. The van der Waals surface area contributed by atoms with Crippen LogP contribution in [0.1, 0.15) is 28.3 Å². The smallest absolute Gasteiger partial charge is 0.416 e. The molecule has 0 aliphatic carbocycles. The van der Waals surface area contributed by atoms with Crippen molar-refractivity contribution in [2.24, 2.45) is 5.73 Å². The van der Waals surface area contributed by atoms with E-state index < -0.39 is 30.2 Å². The molecule has 1 unspecified atom stereocenters. The summed E-state index contributed by atoms with van der Waals surface area (Å²) < 4.78 is 49.6. The first-order valence-electron chi connectivity index (χ1n) is 9.99. The Hall–Kier alpha value is -4.46. The molecule has 174 valence electrons. The van der Waals surface area contributed by atoms with Crippen molar-refractivity contribution in [3.63, 3.8) is 0 Å². The molecular weight excluding hydrogens is 451 g/mol. The highest BCUT2D eigenvalue weighted by Gasteiger charge is 2.34. The number of allylic oxidation sites excluding steroid dienone is 1. The van der Waals surface area contributed by atoms with E-state index in [9.17, 15) is 23.2 Å². The van der Waals surface area contributed by atoms with Crippen molar-refractivity contribution in [2.45, 2.75) is 19.0 Å². The minimum Gasteiger partial charge on any atom is -0.484 e. The number of nitrogens with zero attached hydrogens (tertiary/aromatic N) is 2. The highest BCUT2D eigenvalue weighted by molar-refractivity contribution is 5.92. The lowest BCUT2D eigenvalue weighted by Gasteiger charge is -2.24. The Morgan fingerprint density at radius 3 is 2.79 bits per heavy atom. The number of nitrogens with two attached hydrogens (primary N) is 1.